The topological polar surface area (TPSA) is 83.7 Å². The first kappa shape index (κ1) is 18.9. The molecule has 4 rings (SSSR count). The molecule has 2 aliphatic heterocycles. The molecule has 2 fully saturated rings. The lowest BCUT2D eigenvalue weighted by Crippen LogP contribution is -2.51. The molecule has 8 heteroatoms. The molecular formula is C20H27N5O3. The van der Waals surface area contributed by atoms with E-state index in [2.05, 4.69) is 20.4 Å². The number of hydrogen-bond acceptors (Lipinski definition) is 7. The van der Waals surface area contributed by atoms with Crippen LogP contribution in [0.2, 0.25) is 0 Å². The smallest absolute Gasteiger partial charge is 0.241 e. The SMILES string of the molecule is COc1ccc(-c2noc(CN3CCN(C(=O)C4CCNCC4)CC3)n2)cc1. The number of piperazine rings is 1. The van der Waals surface area contributed by atoms with Crippen LogP contribution in [0.15, 0.2) is 28.8 Å². The van der Waals surface area contributed by atoms with Gasteiger partial charge in [-0.15, -0.1) is 0 Å². The van der Waals surface area contributed by atoms with E-state index in [-0.39, 0.29) is 5.92 Å². The molecule has 0 bridgehead atoms. The fourth-order valence-corrected chi connectivity index (χ4v) is 3.82. The lowest BCUT2D eigenvalue weighted by molar-refractivity contribution is -0.138. The average molecular weight is 385 g/mol. The molecule has 8 nitrogen and oxygen atoms in total. The second-order valence-corrected chi connectivity index (χ2v) is 7.37. The van der Waals surface area contributed by atoms with Crippen molar-refractivity contribution in [3.8, 4) is 17.1 Å². The van der Waals surface area contributed by atoms with E-state index in [4.69, 9.17) is 9.26 Å². The van der Waals surface area contributed by atoms with Gasteiger partial charge in [-0.3, -0.25) is 9.69 Å². The van der Waals surface area contributed by atoms with Gasteiger partial charge in [0.1, 0.15) is 5.75 Å². The van der Waals surface area contributed by atoms with Crippen LogP contribution < -0.4 is 10.1 Å². The summed E-state index contributed by atoms with van der Waals surface area (Å²) in [5.74, 6) is 2.49. The van der Waals surface area contributed by atoms with Crippen LogP contribution in [0.25, 0.3) is 11.4 Å². The summed E-state index contributed by atoms with van der Waals surface area (Å²) in [4.78, 5) is 21.4. The lowest BCUT2D eigenvalue weighted by atomic mass is 9.96. The normalized spacial score (nSPS) is 19.0. The van der Waals surface area contributed by atoms with Crippen LogP contribution in [0, 0.1) is 5.92 Å². The van der Waals surface area contributed by atoms with Gasteiger partial charge in [0.25, 0.3) is 0 Å². The second-order valence-electron chi connectivity index (χ2n) is 7.37. The highest BCUT2D eigenvalue weighted by molar-refractivity contribution is 5.79. The monoisotopic (exact) mass is 385 g/mol. The van der Waals surface area contributed by atoms with Crippen molar-refractivity contribution >= 4 is 5.91 Å². The number of nitrogens with one attached hydrogen (secondary N) is 1. The molecule has 1 aromatic heterocycles. The van der Waals surface area contributed by atoms with Gasteiger partial charge in [0.05, 0.1) is 13.7 Å². The van der Waals surface area contributed by atoms with E-state index in [0.717, 1.165) is 63.4 Å². The number of carbonyl (C=O) groups excluding carboxylic acids is 1. The Labute approximate surface area is 164 Å². The zero-order valence-corrected chi connectivity index (χ0v) is 16.3. The van der Waals surface area contributed by atoms with Gasteiger partial charge >= 0.3 is 0 Å². The number of carbonyl (C=O) groups is 1. The summed E-state index contributed by atoms with van der Waals surface area (Å²) in [5.41, 5.74) is 0.896. The zero-order valence-electron chi connectivity index (χ0n) is 16.3. The van der Waals surface area contributed by atoms with E-state index in [0.29, 0.717) is 24.2 Å². The van der Waals surface area contributed by atoms with Crippen molar-refractivity contribution in [2.45, 2.75) is 19.4 Å². The lowest BCUT2D eigenvalue weighted by Gasteiger charge is -2.36. The Morgan fingerprint density at radius 1 is 1.18 bits per heavy atom. The van der Waals surface area contributed by atoms with Crippen LogP contribution in [0.5, 0.6) is 5.75 Å². The Morgan fingerprint density at radius 2 is 1.89 bits per heavy atom. The van der Waals surface area contributed by atoms with Crippen LogP contribution >= 0.6 is 0 Å². The minimum atomic E-state index is 0.191. The minimum absolute atomic E-state index is 0.191. The van der Waals surface area contributed by atoms with Gasteiger partial charge < -0.3 is 19.5 Å². The minimum Gasteiger partial charge on any atom is -0.497 e. The number of hydrogen-bond donors (Lipinski definition) is 1. The first-order valence-corrected chi connectivity index (χ1v) is 9.92. The summed E-state index contributed by atoms with van der Waals surface area (Å²) >= 11 is 0. The van der Waals surface area contributed by atoms with Crippen LogP contribution in [-0.4, -0.2) is 72.2 Å². The Hall–Kier alpha value is -2.45. The van der Waals surface area contributed by atoms with Crippen LogP contribution in [-0.2, 0) is 11.3 Å². The first-order valence-electron chi connectivity index (χ1n) is 9.92. The fourth-order valence-electron chi connectivity index (χ4n) is 3.82. The number of benzene rings is 1. The number of ether oxygens (including phenoxy) is 1. The van der Waals surface area contributed by atoms with E-state index in [1.54, 1.807) is 7.11 Å². The molecular weight excluding hydrogens is 358 g/mol. The maximum atomic E-state index is 12.7. The molecule has 150 valence electrons. The Kier molecular flexibility index (Phi) is 5.87. The molecule has 1 amide bonds. The van der Waals surface area contributed by atoms with Crippen molar-refractivity contribution in [1.82, 2.24) is 25.3 Å². The van der Waals surface area contributed by atoms with Crippen molar-refractivity contribution in [3.63, 3.8) is 0 Å². The summed E-state index contributed by atoms with van der Waals surface area (Å²) in [5, 5.41) is 7.41. The number of amides is 1. The number of piperidine rings is 1. The average Bonchev–Trinajstić information content (AvgIpc) is 3.23. The van der Waals surface area contributed by atoms with E-state index in [1.807, 2.05) is 29.2 Å². The summed E-state index contributed by atoms with van der Waals surface area (Å²) in [6.45, 7) is 5.70. The largest absolute Gasteiger partial charge is 0.497 e. The number of methoxy groups -OCH3 is 1. The Bertz CT molecular complexity index is 777. The molecule has 0 spiro atoms. The summed E-state index contributed by atoms with van der Waals surface area (Å²) in [7, 11) is 1.64. The van der Waals surface area contributed by atoms with Gasteiger partial charge in [-0.1, -0.05) is 5.16 Å². The van der Waals surface area contributed by atoms with Gasteiger partial charge in [0.15, 0.2) is 0 Å². The van der Waals surface area contributed by atoms with Crippen molar-refractivity contribution in [1.29, 1.82) is 0 Å². The summed E-state index contributed by atoms with van der Waals surface area (Å²) in [6, 6.07) is 7.59. The molecule has 0 aliphatic carbocycles. The molecule has 2 aromatic rings. The van der Waals surface area contributed by atoms with Gasteiger partial charge in [0, 0.05) is 37.7 Å². The number of rotatable bonds is 5. The van der Waals surface area contributed by atoms with Crippen molar-refractivity contribution in [2.75, 3.05) is 46.4 Å². The Balaban J connectivity index is 1.29. The van der Waals surface area contributed by atoms with Crippen LogP contribution in [0.3, 0.4) is 0 Å². The predicted octanol–water partition coefficient (Wildman–Crippen LogP) is 1.39. The molecule has 2 saturated heterocycles. The molecule has 28 heavy (non-hydrogen) atoms. The van der Waals surface area contributed by atoms with Gasteiger partial charge in [-0.05, 0) is 50.2 Å². The molecule has 3 heterocycles. The van der Waals surface area contributed by atoms with Crippen molar-refractivity contribution < 1.29 is 14.1 Å². The highest BCUT2D eigenvalue weighted by atomic mass is 16.5. The van der Waals surface area contributed by atoms with E-state index in [9.17, 15) is 4.79 Å². The highest BCUT2D eigenvalue weighted by Crippen LogP contribution is 2.21. The zero-order chi connectivity index (χ0) is 19.3. The summed E-state index contributed by atoms with van der Waals surface area (Å²) < 4.78 is 10.6. The van der Waals surface area contributed by atoms with E-state index in [1.165, 1.54) is 0 Å². The van der Waals surface area contributed by atoms with E-state index < -0.39 is 0 Å². The van der Waals surface area contributed by atoms with Crippen molar-refractivity contribution in [3.05, 3.63) is 30.2 Å². The number of nitrogens with zero attached hydrogens (tertiary/aromatic N) is 4. The molecule has 0 unspecified atom stereocenters. The van der Waals surface area contributed by atoms with Crippen LogP contribution in [0.1, 0.15) is 18.7 Å². The molecule has 0 saturated carbocycles. The Morgan fingerprint density at radius 3 is 2.57 bits per heavy atom. The quantitative estimate of drug-likeness (QED) is 0.833. The third-order valence-electron chi connectivity index (χ3n) is 5.55. The highest BCUT2D eigenvalue weighted by Gasteiger charge is 2.28. The molecule has 0 atom stereocenters. The molecule has 1 N–H and O–H groups in total. The van der Waals surface area contributed by atoms with Crippen LogP contribution in [0.4, 0.5) is 0 Å². The molecule has 0 radical (unpaired) electrons. The first-order chi connectivity index (χ1) is 13.7. The summed E-state index contributed by atoms with van der Waals surface area (Å²) in [6.07, 6.45) is 1.91. The molecule has 2 aliphatic rings. The maximum absolute atomic E-state index is 12.7. The molecule has 1 aromatic carbocycles. The second kappa shape index (κ2) is 8.70. The van der Waals surface area contributed by atoms with Crippen molar-refractivity contribution in [2.24, 2.45) is 5.92 Å². The standard InChI is InChI=1S/C20H27N5O3/c1-27-17-4-2-15(3-5-17)19-22-18(28-23-19)14-24-10-12-25(13-11-24)20(26)16-6-8-21-9-7-16/h2-5,16,21H,6-14H2,1H3. The third kappa shape index (κ3) is 4.34. The number of aromatic nitrogens is 2. The van der Waals surface area contributed by atoms with Gasteiger partial charge in [-0.2, -0.15) is 4.98 Å². The fraction of sp³-hybridized carbons (Fsp3) is 0.550. The maximum Gasteiger partial charge on any atom is 0.241 e. The van der Waals surface area contributed by atoms with E-state index >= 15 is 0 Å². The third-order valence-corrected chi connectivity index (χ3v) is 5.55. The van der Waals surface area contributed by atoms with Gasteiger partial charge in [0.2, 0.25) is 17.6 Å². The predicted molar refractivity (Wildman–Crippen MR) is 104 cm³/mol. The van der Waals surface area contributed by atoms with Gasteiger partial charge in [-0.25, -0.2) is 0 Å².